The summed E-state index contributed by atoms with van der Waals surface area (Å²) in [7, 11) is 4.20. The van der Waals surface area contributed by atoms with Crippen molar-refractivity contribution in [3.8, 4) is 22.8 Å². The van der Waals surface area contributed by atoms with E-state index in [4.69, 9.17) is 11.1 Å². The quantitative estimate of drug-likeness (QED) is 0.207. The first-order valence-corrected chi connectivity index (χ1v) is 15.3. The van der Waals surface area contributed by atoms with Gasteiger partial charge in [-0.25, -0.2) is 23.7 Å². The number of amides is 1. The lowest BCUT2D eigenvalue weighted by molar-refractivity contribution is -0.929. The Labute approximate surface area is 285 Å². The van der Waals surface area contributed by atoms with E-state index in [0.717, 1.165) is 34.1 Å². The second-order valence-electron chi connectivity index (χ2n) is 12.4. The smallest absolute Gasteiger partial charge is 0.416 e. The van der Waals surface area contributed by atoms with E-state index in [0.29, 0.717) is 46.8 Å². The highest BCUT2D eigenvalue weighted by Crippen LogP contribution is 2.33. The van der Waals surface area contributed by atoms with Crippen LogP contribution in [0.4, 0.5) is 23.7 Å². The van der Waals surface area contributed by atoms with Crippen LogP contribution in [0.2, 0.25) is 0 Å². The molecule has 0 atom stereocenters. The van der Waals surface area contributed by atoms with Crippen LogP contribution in [0.1, 0.15) is 42.8 Å². The number of alkyl halides is 3. The summed E-state index contributed by atoms with van der Waals surface area (Å²) in [6.45, 7) is 9.42. The zero-order chi connectivity index (χ0) is 34.2. The molecule has 1 saturated carbocycles. The van der Waals surface area contributed by atoms with Gasteiger partial charge >= 0.3 is 17.9 Å². The van der Waals surface area contributed by atoms with E-state index in [1.54, 1.807) is 37.3 Å². The number of nitrogens with zero attached hydrogens (tertiary/aromatic N) is 8. The highest BCUT2D eigenvalue weighted by molar-refractivity contribution is 5.83. The van der Waals surface area contributed by atoms with Crippen LogP contribution in [0, 0.1) is 13.5 Å². The normalized spacial score (nSPS) is 16.5. The molecule has 0 radical (unpaired) electrons. The third-order valence-corrected chi connectivity index (χ3v) is 9.00. The number of carbonyl (C=O) groups is 1. The summed E-state index contributed by atoms with van der Waals surface area (Å²) in [5.74, 6) is 0.615. The molecular formula is C33H33ClF3N9O3. The molecule has 49 heavy (non-hydrogen) atoms. The first-order valence-electron chi connectivity index (χ1n) is 15.3. The Morgan fingerprint density at radius 1 is 1.08 bits per heavy atom. The summed E-state index contributed by atoms with van der Waals surface area (Å²) < 4.78 is 50.1. The molecule has 1 aliphatic rings. The number of benzene rings is 2. The Bertz CT molecular complexity index is 2030. The van der Waals surface area contributed by atoms with Gasteiger partial charge in [0.15, 0.2) is 5.69 Å². The molecule has 2 aromatic carbocycles. The number of nitrogens with one attached hydrogen (secondary N) is 1. The molecule has 0 bridgehead atoms. The van der Waals surface area contributed by atoms with Crippen LogP contribution in [0.3, 0.4) is 0 Å². The number of quaternary nitrogens is 1. The molecule has 3 aromatic heterocycles. The van der Waals surface area contributed by atoms with Crippen LogP contribution in [-0.2, 0) is 12.7 Å². The van der Waals surface area contributed by atoms with Crippen molar-refractivity contribution in [1.82, 2.24) is 34.4 Å². The van der Waals surface area contributed by atoms with Crippen LogP contribution in [0.25, 0.3) is 27.6 Å². The topological polar surface area (TPSA) is 117 Å². The lowest BCUT2D eigenvalue weighted by Crippen LogP contribution is -3.00. The molecule has 0 aliphatic heterocycles. The van der Waals surface area contributed by atoms with Crippen LogP contribution >= 0.6 is 0 Å². The monoisotopic (exact) mass is 695 g/mol. The molecule has 0 spiro atoms. The summed E-state index contributed by atoms with van der Waals surface area (Å²) in [4.78, 5) is 35.7. The Balaban J connectivity index is 0.00000468. The van der Waals surface area contributed by atoms with Crippen LogP contribution in [-0.4, -0.2) is 65.7 Å². The van der Waals surface area contributed by atoms with E-state index in [-0.39, 0.29) is 41.6 Å². The van der Waals surface area contributed by atoms with Crippen molar-refractivity contribution in [3.05, 3.63) is 106 Å². The summed E-state index contributed by atoms with van der Waals surface area (Å²) in [6, 6.07) is 12.0. The first-order chi connectivity index (χ1) is 22.9. The number of halogens is 4. The van der Waals surface area contributed by atoms with Gasteiger partial charge in [0.1, 0.15) is 12.2 Å². The Morgan fingerprint density at radius 2 is 1.80 bits per heavy atom. The second-order valence-corrected chi connectivity index (χ2v) is 12.4. The maximum Gasteiger partial charge on any atom is 0.416 e. The van der Waals surface area contributed by atoms with E-state index in [1.165, 1.54) is 29.4 Å². The number of imidazole rings is 1. The molecule has 0 unspecified atom stereocenters. The van der Waals surface area contributed by atoms with E-state index in [1.807, 2.05) is 0 Å². The lowest BCUT2D eigenvalue weighted by Gasteiger charge is -2.41. The number of hydrogen-bond acceptors (Lipinski definition) is 6. The van der Waals surface area contributed by atoms with Gasteiger partial charge in [-0.2, -0.15) is 23.3 Å². The second kappa shape index (κ2) is 13.7. The van der Waals surface area contributed by atoms with Crippen molar-refractivity contribution in [3.63, 3.8) is 0 Å². The zero-order valence-corrected chi connectivity index (χ0v) is 27.6. The molecule has 6 rings (SSSR count). The fourth-order valence-corrected chi connectivity index (χ4v) is 6.49. The largest absolute Gasteiger partial charge is 1.00 e. The van der Waals surface area contributed by atoms with Gasteiger partial charge in [-0.3, -0.25) is 4.57 Å². The molecule has 1 aliphatic carbocycles. The average molecular weight is 696 g/mol. The molecule has 1 amide bonds. The van der Waals surface area contributed by atoms with Crippen molar-refractivity contribution < 1.29 is 39.4 Å². The van der Waals surface area contributed by atoms with Gasteiger partial charge in [-0.05, 0) is 56.2 Å². The van der Waals surface area contributed by atoms with Crippen LogP contribution in [0.5, 0.6) is 0 Å². The fourth-order valence-electron chi connectivity index (χ4n) is 6.49. The van der Waals surface area contributed by atoms with Gasteiger partial charge in [0.2, 0.25) is 12.2 Å². The Kier molecular flexibility index (Phi) is 9.84. The molecule has 256 valence electrons. The average Bonchev–Trinajstić information content (AvgIpc) is 3.80. The van der Waals surface area contributed by atoms with Crippen molar-refractivity contribution in [2.24, 2.45) is 0 Å². The molecule has 0 saturated heterocycles. The van der Waals surface area contributed by atoms with Crippen molar-refractivity contribution in [2.75, 3.05) is 14.1 Å². The molecule has 16 heteroatoms. The van der Waals surface area contributed by atoms with E-state index < -0.39 is 23.5 Å². The standard InChI is InChI=1S/C33H32F3N9O3.ClH/c1-21-30(28-16-17-39-44(28)25-12-8-23(37-2)9-13-25)43(32(47)42(21)26-7-5-6-22(18-26)33(34,35)36)31(46)40-24-10-14-27(15-11-24)45(3,4)19-29-38-20-48-41-29;/h5-9,12-13,16-18,20,24,27H,10-11,14-15,19H2,1,3-4H3;1H. The van der Waals surface area contributed by atoms with Crippen molar-refractivity contribution in [2.45, 2.75) is 57.4 Å². The summed E-state index contributed by atoms with van der Waals surface area (Å²) in [5.41, 5.74) is -0.00356. The van der Waals surface area contributed by atoms with Crippen LogP contribution in [0.15, 0.2) is 76.5 Å². The predicted octanol–water partition coefficient (Wildman–Crippen LogP) is 2.90. The van der Waals surface area contributed by atoms with E-state index in [9.17, 15) is 22.8 Å². The minimum Gasteiger partial charge on any atom is -1.00 e. The summed E-state index contributed by atoms with van der Waals surface area (Å²) in [5, 5.41) is 11.4. The minimum atomic E-state index is -4.63. The van der Waals surface area contributed by atoms with E-state index in [2.05, 4.69) is 39.5 Å². The Hall–Kier alpha value is -5.20. The number of aromatic nitrogens is 6. The van der Waals surface area contributed by atoms with E-state index >= 15 is 0 Å². The van der Waals surface area contributed by atoms with Gasteiger partial charge in [-0.15, -0.1) is 0 Å². The predicted molar refractivity (Wildman–Crippen MR) is 169 cm³/mol. The molecule has 1 N–H and O–H groups in total. The molecule has 5 aromatic rings. The maximum atomic E-state index is 14.1. The van der Waals surface area contributed by atoms with Gasteiger partial charge in [-0.1, -0.05) is 23.4 Å². The summed E-state index contributed by atoms with van der Waals surface area (Å²) in [6.07, 6.45) is 1.09. The number of hydrogen-bond donors (Lipinski definition) is 1. The fraction of sp³-hybridized carbons (Fsp3) is 0.333. The van der Waals surface area contributed by atoms with Crippen LogP contribution < -0.4 is 23.4 Å². The zero-order valence-electron chi connectivity index (χ0n) is 26.9. The van der Waals surface area contributed by atoms with Gasteiger partial charge in [0, 0.05) is 18.9 Å². The number of carbonyl (C=O) groups excluding carboxylic acids is 1. The molecular weight excluding hydrogens is 663 g/mol. The molecule has 3 heterocycles. The third-order valence-electron chi connectivity index (χ3n) is 9.00. The summed E-state index contributed by atoms with van der Waals surface area (Å²) >= 11 is 0. The Morgan fingerprint density at radius 3 is 2.43 bits per heavy atom. The molecule has 12 nitrogen and oxygen atoms in total. The van der Waals surface area contributed by atoms with Gasteiger partial charge < -0.3 is 26.7 Å². The maximum absolute atomic E-state index is 14.1. The number of rotatable bonds is 7. The highest BCUT2D eigenvalue weighted by atomic mass is 35.5. The lowest BCUT2D eigenvalue weighted by atomic mass is 9.89. The highest BCUT2D eigenvalue weighted by Gasteiger charge is 2.36. The van der Waals surface area contributed by atoms with Gasteiger partial charge in [0.05, 0.1) is 61.2 Å². The molecule has 1 fully saturated rings. The first kappa shape index (κ1) is 35.1. The van der Waals surface area contributed by atoms with Gasteiger partial charge in [0.25, 0.3) is 0 Å². The van der Waals surface area contributed by atoms with Crippen molar-refractivity contribution in [1.29, 1.82) is 0 Å². The SMILES string of the molecule is [C-]#[N+]c1ccc(-n2nccc2-c2c(C)n(-c3cccc(C(F)(F)F)c3)c(=O)n2C(=O)NC2CCC([N+](C)(C)Cc3ncon3)CC2)cc1.[Cl-]. The third kappa shape index (κ3) is 7.01. The van der Waals surface area contributed by atoms with Crippen molar-refractivity contribution >= 4 is 11.7 Å². The minimum absolute atomic E-state index is 0.